The lowest BCUT2D eigenvalue weighted by Crippen LogP contribution is -2.64. The van der Waals surface area contributed by atoms with E-state index in [9.17, 15) is 34.4 Å². The Morgan fingerprint density at radius 2 is 1.79 bits per heavy atom. The molecule has 2 aliphatic rings. The lowest BCUT2D eigenvalue weighted by molar-refractivity contribution is -0.270. The van der Waals surface area contributed by atoms with E-state index in [1.807, 2.05) is 0 Å². The van der Waals surface area contributed by atoms with Crippen LogP contribution in [0.25, 0.3) is 0 Å². The molecule has 1 aliphatic heterocycles. The second kappa shape index (κ2) is 15.5. The van der Waals surface area contributed by atoms with Crippen LogP contribution in [0.2, 0.25) is 0 Å². The minimum absolute atomic E-state index is 0.119. The van der Waals surface area contributed by atoms with Gasteiger partial charge in [0.15, 0.2) is 6.29 Å². The van der Waals surface area contributed by atoms with Crippen LogP contribution in [-0.4, -0.2) is 122 Å². The number of rotatable bonds is 15. The van der Waals surface area contributed by atoms with Gasteiger partial charge in [0.2, 0.25) is 11.8 Å². The van der Waals surface area contributed by atoms with Crippen molar-refractivity contribution >= 4 is 19.6 Å². The highest BCUT2D eigenvalue weighted by Crippen LogP contribution is 2.48. The molecule has 2 fully saturated rings. The van der Waals surface area contributed by atoms with Gasteiger partial charge < -0.3 is 49.8 Å². The van der Waals surface area contributed by atoms with Crippen LogP contribution in [0.15, 0.2) is 0 Å². The molecule has 0 bridgehead atoms. The number of phosphoric acid groups is 1. The lowest BCUT2D eigenvalue weighted by atomic mass is 9.97. The lowest BCUT2D eigenvalue weighted by Gasteiger charge is -2.42. The van der Waals surface area contributed by atoms with E-state index in [1.165, 1.54) is 21.1 Å². The minimum atomic E-state index is -4.30. The van der Waals surface area contributed by atoms with Crippen molar-refractivity contribution in [1.29, 1.82) is 0 Å². The van der Waals surface area contributed by atoms with Crippen LogP contribution in [0.5, 0.6) is 0 Å². The number of hydrogen-bond acceptors (Lipinski definition) is 12. The molecule has 1 heterocycles. The standard InChI is InChI=1S/C22H41N2O13P/c1-12(26)23-17-19(29)18(28)15(10-25)36-22(17)35-8-6-5-7-16(27)24-14-9-13(11-32-2)20(21(14)33-3)37-38(30,31)34-4/h13-15,17-22,25,28-29H,5-11H2,1-4H3,(H,23,26)(H,24,27)(H,30,31)/t13-,14+,15-,17-,18+,19-,20?,21-,22-/m1/s1. The summed E-state index contributed by atoms with van der Waals surface area (Å²) < 4.78 is 43.6. The Kier molecular flexibility index (Phi) is 13.5. The number of nitrogens with one attached hydrogen (secondary N) is 2. The van der Waals surface area contributed by atoms with E-state index >= 15 is 0 Å². The fraction of sp³-hybridized carbons (Fsp3) is 0.909. The van der Waals surface area contributed by atoms with Gasteiger partial charge in [-0.1, -0.05) is 0 Å². The molecule has 2 unspecified atom stereocenters. The molecule has 0 aromatic carbocycles. The van der Waals surface area contributed by atoms with Crippen molar-refractivity contribution in [3.8, 4) is 0 Å². The maximum atomic E-state index is 12.6. The fourth-order valence-electron chi connectivity index (χ4n) is 4.73. The van der Waals surface area contributed by atoms with Crippen molar-refractivity contribution in [3.05, 3.63) is 0 Å². The molecule has 0 aromatic rings. The molecular formula is C22H41N2O13P. The molecule has 2 rings (SSSR count). The number of phosphoric ester groups is 1. The SMILES string of the molecule is COC[C@H]1C[C@H](NC(=O)CCCCO[C@@H]2O[C@H](CO)[C@H](O)[C@H](O)[C@H]2NC(C)=O)[C@@H](OC)C1OP(=O)(O)OC. The molecule has 6 N–H and O–H groups in total. The number of amides is 2. The first-order chi connectivity index (χ1) is 18.0. The number of aliphatic hydroxyl groups is 3. The van der Waals surface area contributed by atoms with Crippen LogP contribution in [0.3, 0.4) is 0 Å². The summed E-state index contributed by atoms with van der Waals surface area (Å²) >= 11 is 0. The first kappa shape index (κ1) is 33.0. The highest BCUT2D eigenvalue weighted by molar-refractivity contribution is 7.47. The smallest absolute Gasteiger partial charge is 0.394 e. The first-order valence-electron chi connectivity index (χ1n) is 12.4. The van der Waals surface area contributed by atoms with E-state index in [-0.39, 0.29) is 31.5 Å². The third kappa shape index (κ3) is 9.17. The van der Waals surface area contributed by atoms with E-state index in [4.69, 9.17) is 23.5 Å². The third-order valence-electron chi connectivity index (χ3n) is 6.56. The highest BCUT2D eigenvalue weighted by Gasteiger charge is 2.48. The van der Waals surface area contributed by atoms with Crippen molar-refractivity contribution in [1.82, 2.24) is 10.6 Å². The van der Waals surface area contributed by atoms with Crippen molar-refractivity contribution in [2.45, 2.75) is 81.5 Å². The molecule has 0 aromatic heterocycles. The number of carbonyl (C=O) groups excluding carboxylic acids is 2. The first-order valence-corrected chi connectivity index (χ1v) is 13.9. The Bertz CT molecular complexity index is 805. The van der Waals surface area contributed by atoms with Crippen molar-refractivity contribution in [2.24, 2.45) is 5.92 Å². The van der Waals surface area contributed by atoms with E-state index in [2.05, 4.69) is 15.2 Å². The second-order valence-electron chi connectivity index (χ2n) is 9.31. The largest absolute Gasteiger partial charge is 0.472 e. The molecular weight excluding hydrogens is 531 g/mol. The van der Waals surface area contributed by atoms with Crippen molar-refractivity contribution in [3.63, 3.8) is 0 Å². The van der Waals surface area contributed by atoms with Crippen LogP contribution in [0.1, 0.15) is 32.6 Å². The zero-order valence-corrected chi connectivity index (χ0v) is 23.0. The Morgan fingerprint density at radius 1 is 1.08 bits per heavy atom. The molecule has 1 saturated carbocycles. The normalized spacial score (nSPS) is 35.0. The predicted octanol–water partition coefficient (Wildman–Crippen LogP) is -1.58. The van der Waals surface area contributed by atoms with Gasteiger partial charge in [-0.3, -0.25) is 18.6 Å². The zero-order chi connectivity index (χ0) is 28.5. The van der Waals surface area contributed by atoms with Crippen LogP contribution in [0.4, 0.5) is 0 Å². The topological polar surface area (TPSA) is 212 Å². The molecule has 0 spiro atoms. The maximum Gasteiger partial charge on any atom is 0.472 e. The Morgan fingerprint density at radius 3 is 2.37 bits per heavy atom. The van der Waals surface area contributed by atoms with Gasteiger partial charge >= 0.3 is 7.82 Å². The van der Waals surface area contributed by atoms with Crippen LogP contribution < -0.4 is 10.6 Å². The van der Waals surface area contributed by atoms with Crippen LogP contribution in [0, 0.1) is 5.92 Å². The van der Waals surface area contributed by atoms with Crippen LogP contribution >= 0.6 is 7.82 Å². The van der Waals surface area contributed by atoms with Crippen LogP contribution in [-0.2, 0) is 42.1 Å². The summed E-state index contributed by atoms with van der Waals surface area (Å²) in [6, 6.07) is -1.52. The van der Waals surface area contributed by atoms with Gasteiger partial charge in [-0.25, -0.2) is 4.57 Å². The predicted molar refractivity (Wildman–Crippen MR) is 130 cm³/mol. The summed E-state index contributed by atoms with van der Waals surface area (Å²) in [5, 5.41) is 35.1. The molecule has 222 valence electrons. The maximum absolute atomic E-state index is 12.6. The summed E-state index contributed by atoms with van der Waals surface area (Å²) in [7, 11) is -0.330. The molecule has 2 amide bonds. The number of carbonyl (C=O) groups is 2. The molecule has 38 heavy (non-hydrogen) atoms. The summed E-state index contributed by atoms with van der Waals surface area (Å²) in [6.07, 6.45) is -5.11. The summed E-state index contributed by atoms with van der Waals surface area (Å²) in [6.45, 7) is 1.04. The highest BCUT2D eigenvalue weighted by atomic mass is 31.2. The number of aliphatic hydroxyl groups excluding tert-OH is 3. The molecule has 1 aliphatic carbocycles. The monoisotopic (exact) mass is 572 g/mol. The summed E-state index contributed by atoms with van der Waals surface area (Å²) in [5.74, 6) is -1.04. The zero-order valence-electron chi connectivity index (χ0n) is 22.1. The van der Waals surface area contributed by atoms with Gasteiger partial charge in [0.25, 0.3) is 0 Å². The fourth-order valence-corrected chi connectivity index (χ4v) is 5.42. The molecule has 1 saturated heterocycles. The number of ether oxygens (including phenoxy) is 4. The quantitative estimate of drug-likeness (QED) is 0.0967. The molecule has 16 heteroatoms. The van der Waals surface area contributed by atoms with E-state index < -0.39 is 69.2 Å². The van der Waals surface area contributed by atoms with E-state index in [1.54, 1.807) is 0 Å². The van der Waals surface area contributed by atoms with Crippen molar-refractivity contribution in [2.75, 3.05) is 41.2 Å². The van der Waals surface area contributed by atoms with Gasteiger partial charge in [0.05, 0.1) is 19.3 Å². The number of unbranched alkanes of at least 4 members (excludes halogenated alkanes) is 1. The minimum Gasteiger partial charge on any atom is -0.394 e. The Labute approximate surface area is 221 Å². The second-order valence-corrected chi connectivity index (χ2v) is 10.8. The average molecular weight is 573 g/mol. The van der Waals surface area contributed by atoms with Gasteiger partial charge in [0.1, 0.15) is 36.6 Å². The Hall–Kier alpha value is -1.23. The van der Waals surface area contributed by atoms with Gasteiger partial charge in [0, 0.05) is 47.2 Å². The number of hydrogen-bond donors (Lipinski definition) is 6. The van der Waals surface area contributed by atoms with Gasteiger partial charge in [-0.05, 0) is 19.3 Å². The Balaban J connectivity index is 1.85. The summed E-state index contributed by atoms with van der Waals surface area (Å²) in [5.41, 5.74) is 0. The van der Waals surface area contributed by atoms with E-state index in [0.717, 1.165) is 7.11 Å². The third-order valence-corrected chi connectivity index (χ3v) is 7.53. The van der Waals surface area contributed by atoms with E-state index in [0.29, 0.717) is 19.3 Å². The molecule has 0 radical (unpaired) electrons. The van der Waals surface area contributed by atoms with Gasteiger partial charge in [-0.15, -0.1) is 0 Å². The summed E-state index contributed by atoms with van der Waals surface area (Å²) in [4.78, 5) is 33.9. The molecule has 10 atom stereocenters. The van der Waals surface area contributed by atoms with Gasteiger partial charge in [-0.2, -0.15) is 0 Å². The average Bonchev–Trinajstić information content (AvgIpc) is 3.17. The van der Waals surface area contributed by atoms with Crippen molar-refractivity contribution < 1.29 is 62.4 Å². The number of methoxy groups -OCH3 is 2. The molecule has 15 nitrogen and oxygen atoms in total.